The number of benzene rings is 1. The first kappa shape index (κ1) is 19.4. The molecule has 152 valence electrons. The minimum absolute atomic E-state index is 0.107. The molecule has 28 heavy (non-hydrogen) atoms. The average Bonchev–Trinajstić information content (AvgIpc) is 2.66. The van der Waals surface area contributed by atoms with Crippen LogP contribution >= 0.6 is 0 Å². The standard InChI is InChI=1S/C23H32N2O3/c1-23(2,28)10-9-16-5-3-6-18(11-16)22(27)24-13-17-12-19(15-24)20-7-4-8-21(26)25(20)14-17/h3,5-6,11,17,19-20,28H,4,7-10,12-15H2,1-2H3/t17-,19+,20+/m1/s1. The topological polar surface area (TPSA) is 60.9 Å². The maximum absolute atomic E-state index is 13.2. The third kappa shape index (κ3) is 4.09. The molecule has 3 saturated heterocycles. The van der Waals surface area contributed by atoms with E-state index in [1.807, 2.05) is 43.0 Å². The Morgan fingerprint density at radius 2 is 2.07 bits per heavy atom. The van der Waals surface area contributed by atoms with Crippen molar-refractivity contribution in [2.24, 2.45) is 11.8 Å². The summed E-state index contributed by atoms with van der Waals surface area (Å²) in [6.45, 7) is 5.95. The molecule has 1 aromatic carbocycles. The number of hydrogen-bond donors (Lipinski definition) is 1. The van der Waals surface area contributed by atoms with E-state index < -0.39 is 5.60 Å². The van der Waals surface area contributed by atoms with Crippen molar-refractivity contribution in [3.05, 3.63) is 35.4 Å². The van der Waals surface area contributed by atoms with Crippen LogP contribution in [-0.4, -0.2) is 58.0 Å². The van der Waals surface area contributed by atoms with Crippen LogP contribution in [0.25, 0.3) is 0 Å². The van der Waals surface area contributed by atoms with Crippen molar-refractivity contribution in [3.63, 3.8) is 0 Å². The second-order valence-corrected chi connectivity index (χ2v) is 9.59. The lowest BCUT2D eigenvalue weighted by molar-refractivity contribution is -0.144. The quantitative estimate of drug-likeness (QED) is 0.868. The summed E-state index contributed by atoms with van der Waals surface area (Å²) in [5, 5.41) is 9.96. The van der Waals surface area contributed by atoms with Crippen molar-refractivity contribution in [1.82, 2.24) is 9.80 Å². The van der Waals surface area contributed by atoms with Crippen molar-refractivity contribution >= 4 is 11.8 Å². The van der Waals surface area contributed by atoms with Crippen molar-refractivity contribution in [2.45, 2.75) is 64.0 Å². The minimum atomic E-state index is -0.701. The lowest BCUT2D eigenvalue weighted by atomic mass is 9.76. The number of rotatable bonds is 4. The molecule has 1 aromatic rings. The van der Waals surface area contributed by atoms with Crippen LogP contribution in [0.4, 0.5) is 0 Å². The summed E-state index contributed by atoms with van der Waals surface area (Å²) in [7, 11) is 0. The first-order valence-corrected chi connectivity index (χ1v) is 10.7. The van der Waals surface area contributed by atoms with Gasteiger partial charge >= 0.3 is 0 Å². The van der Waals surface area contributed by atoms with Gasteiger partial charge < -0.3 is 14.9 Å². The summed E-state index contributed by atoms with van der Waals surface area (Å²) in [5.74, 6) is 1.24. The van der Waals surface area contributed by atoms with E-state index in [2.05, 4.69) is 4.90 Å². The molecule has 3 heterocycles. The third-order valence-electron chi connectivity index (χ3n) is 6.67. The van der Waals surface area contributed by atoms with Gasteiger partial charge in [0, 0.05) is 37.7 Å². The Labute approximate surface area is 167 Å². The Morgan fingerprint density at radius 3 is 2.86 bits per heavy atom. The highest BCUT2D eigenvalue weighted by molar-refractivity contribution is 5.94. The fourth-order valence-electron chi connectivity index (χ4n) is 5.27. The molecule has 0 aliphatic carbocycles. The van der Waals surface area contributed by atoms with Crippen LogP contribution in [-0.2, 0) is 11.2 Å². The summed E-state index contributed by atoms with van der Waals surface area (Å²) in [6.07, 6.45) is 5.33. The Bertz CT molecular complexity index is 754. The van der Waals surface area contributed by atoms with E-state index in [0.29, 0.717) is 36.6 Å². The fourth-order valence-corrected chi connectivity index (χ4v) is 5.27. The van der Waals surface area contributed by atoms with Gasteiger partial charge in [-0.15, -0.1) is 0 Å². The lowest BCUT2D eigenvalue weighted by Crippen LogP contribution is -2.61. The fraction of sp³-hybridized carbons (Fsp3) is 0.652. The Kier molecular flexibility index (Phi) is 5.21. The van der Waals surface area contributed by atoms with Gasteiger partial charge in [-0.3, -0.25) is 9.59 Å². The van der Waals surface area contributed by atoms with Crippen molar-refractivity contribution < 1.29 is 14.7 Å². The summed E-state index contributed by atoms with van der Waals surface area (Å²) >= 11 is 0. The number of amides is 2. The van der Waals surface area contributed by atoms with Gasteiger partial charge in [-0.25, -0.2) is 0 Å². The predicted molar refractivity (Wildman–Crippen MR) is 108 cm³/mol. The van der Waals surface area contributed by atoms with E-state index in [1.165, 1.54) is 0 Å². The zero-order valence-corrected chi connectivity index (χ0v) is 17.1. The molecule has 0 radical (unpaired) electrons. The number of piperidine rings is 3. The molecule has 3 aliphatic heterocycles. The van der Waals surface area contributed by atoms with Crippen LogP contribution in [0.3, 0.4) is 0 Å². The smallest absolute Gasteiger partial charge is 0.253 e. The Hall–Kier alpha value is -1.88. The highest BCUT2D eigenvalue weighted by Gasteiger charge is 2.44. The summed E-state index contributed by atoms with van der Waals surface area (Å²) in [4.78, 5) is 29.6. The van der Waals surface area contributed by atoms with Crippen LogP contribution in [0, 0.1) is 11.8 Å². The monoisotopic (exact) mass is 384 g/mol. The van der Waals surface area contributed by atoms with Crippen molar-refractivity contribution in [1.29, 1.82) is 0 Å². The van der Waals surface area contributed by atoms with Gasteiger partial charge in [-0.05, 0) is 75.5 Å². The Morgan fingerprint density at radius 1 is 1.25 bits per heavy atom. The molecule has 3 fully saturated rings. The summed E-state index contributed by atoms with van der Waals surface area (Å²) in [6, 6.07) is 8.18. The first-order valence-electron chi connectivity index (χ1n) is 10.7. The van der Waals surface area contributed by atoms with Gasteiger partial charge in [0.25, 0.3) is 5.91 Å². The third-order valence-corrected chi connectivity index (χ3v) is 6.67. The first-order chi connectivity index (χ1) is 13.3. The van der Waals surface area contributed by atoms with Gasteiger partial charge in [-0.2, -0.15) is 0 Å². The molecule has 0 aromatic heterocycles. The number of carbonyl (C=O) groups is 2. The maximum atomic E-state index is 13.2. The van der Waals surface area contributed by atoms with E-state index in [0.717, 1.165) is 56.4 Å². The second-order valence-electron chi connectivity index (χ2n) is 9.59. The molecule has 3 atom stereocenters. The number of hydrogen-bond acceptors (Lipinski definition) is 3. The predicted octanol–water partition coefficient (Wildman–Crippen LogP) is 2.86. The number of fused-ring (bicyclic) bond motifs is 4. The SMILES string of the molecule is CC(C)(O)CCc1cccc(C(=O)N2C[C@H]3C[C@@H](C2)[C@@H]2CCCC(=O)N2C3)c1. The van der Waals surface area contributed by atoms with E-state index >= 15 is 0 Å². The zero-order valence-electron chi connectivity index (χ0n) is 17.1. The molecule has 5 heteroatoms. The number of likely N-dealkylation sites (tertiary alicyclic amines) is 1. The lowest BCUT2D eigenvalue weighted by Gasteiger charge is -2.52. The van der Waals surface area contributed by atoms with Gasteiger partial charge in [0.1, 0.15) is 0 Å². The molecule has 4 rings (SSSR count). The molecule has 1 N–H and O–H groups in total. The largest absolute Gasteiger partial charge is 0.390 e. The van der Waals surface area contributed by atoms with E-state index in [4.69, 9.17) is 0 Å². The highest BCUT2D eigenvalue weighted by atomic mass is 16.3. The van der Waals surface area contributed by atoms with Gasteiger partial charge in [0.05, 0.1) is 5.60 Å². The molecule has 2 amide bonds. The second kappa shape index (κ2) is 7.51. The molecule has 5 nitrogen and oxygen atoms in total. The molecular weight excluding hydrogens is 352 g/mol. The van der Waals surface area contributed by atoms with Gasteiger partial charge in [0.2, 0.25) is 5.91 Å². The van der Waals surface area contributed by atoms with Crippen LogP contribution < -0.4 is 0 Å². The number of nitrogens with zero attached hydrogens (tertiary/aromatic N) is 2. The van der Waals surface area contributed by atoms with Crippen LogP contribution in [0.5, 0.6) is 0 Å². The number of carbonyl (C=O) groups excluding carboxylic acids is 2. The number of aliphatic hydroxyl groups is 1. The highest BCUT2D eigenvalue weighted by Crippen LogP contribution is 2.38. The van der Waals surface area contributed by atoms with E-state index in [1.54, 1.807) is 0 Å². The molecule has 2 bridgehead atoms. The van der Waals surface area contributed by atoms with E-state index in [9.17, 15) is 14.7 Å². The van der Waals surface area contributed by atoms with Crippen LogP contribution in [0.15, 0.2) is 24.3 Å². The van der Waals surface area contributed by atoms with Crippen LogP contribution in [0.2, 0.25) is 0 Å². The van der Waals surface area contributed by atoms with Crippen molar-refractivity contribution in [3.8, 4) is 0 Å². The van der Waals surface area contributed by atoms with Gasteiger partial charge in [0.15, 0.2) is 0 Å². The maximum Gasteiger partial charge on any atom is 0.253 e. The normalized spacial score (nSPS) is 27.5. The molecular formula is C23H32N2O3. The molecule has 0 spiro atoms. The zero-order chi connectivity index (χ0) is 19.9. The van der Waals surface area contributed by atoms with E-state index in [-0.39, 0.29) is 5.91 Å². The average molecular weight is 385 g/mol. The number of aryl methyl sites for hydroxylation is 1. The molecule has 0 saturated carbocycles. The van der Waals surface area contributed by atoms with Gasteiger partial charge in [-0.1, -0.05) is 12.1 Å². The molecule has 0 unspecified atom stereocenters. The summed E-state index contributed by atoms with van der Waals surface area (Å²) < 4.78 is 0. The summed E-state index contributed by atoms with van der Waals surface area (Å²) in [5.41, 5.74) is 1.13. The molecule has 3 aliphatic rings. The van der Waals surface area contributed by atoms with Crippen molar-refractivity contribution in [2.75, 3.05) is 19.6 Å². The Balaban J connectivity index is 1.45. The minimum Gasteiger partial charge on any atom is -0.390 e. The van der Waals surface area contributed by atoms with Crippen LogP contribution in [0.1, 0.15) is 61.9 Å².